The summed E-state index contributed by atoms with van der Waals surface area (Å²) < 4.78 is 78.9. The largest absolute Gasteiger partial charge is 0.417 e. The molecule has 0 spiro atoms. The molecule has 2 aromatic rings. The predicted octanol–water partition coefficient (Wildman–Crippen LogP) is 3.97. The van der Waals surface area contributed by atoms with Crippen LogP contribution in [0.4, 0.5) is 33.5 Å². The van der Waals surface area contributed by atoms with Crippen LogP contribution < -0.4 is 10.2 Å². The Morgan fingerprint density at radius 3 is 2.61 bits per heavy atom. The molecule has 0 radical (unpaired) electrons. The van der Waals surface area contributed by atoms with Crippen molar-refractivity contribution in [2.45, 2.75) is 30.5 Å². The second-order valence-electron chi connectivity index (χ2n) is 7.24. The molecule has 1 aliphatic rings. The van der Waals surface area contributed by atoms with E-state index in [9.17, 15) is 31.0 Å². The van der Waals surface area contributed by atoms with Crippen LogP contribution in [0.3, 0.4) is 0 Å². The Hall–Kier alpha value is -2.63. The Labute approximate surface area is 177 Å². The van der Waals surface area contributed by atoms with E-state index < -0.39 is 52.3 Å². The topological polar surface area (TPSA) is 75.2 Å². The van der Waals surface area contributed by atoms with Crippen LogP contribution in [-0.2, 0) is 17.0 Å². The van der Waals surface area contributed by atoms with E-state index in [-0.39, 0.29) is 29.6 Å². The summed E-state index contributed by atoms with van der Waals surface area (Å²) in [6.07, 6.45) is -1.99. The van der Waals surface area contributed by atoms with Gasteiger partial charge in [-0.3, -0.25) is 9.00 Å². The molecule has 0 saturated carbocycles. The van der Waals surface area contributed by atoms with Gasteiger partial charge in [0, 0.05) is 49.8 Å². The van der Waals surface area contributed by atoms with Gasteiger partial charge in [0.2, 0.25) is 0 Å². The van der Waals surface area contributed by atoms with E-state index in [1.165, 1.54) is 36.4 Å². The first kappa shape index (κ1) is 23.0. The van der Waals surface area contributed by atoms with Gasteiger partial charge in [0.25, 0.3) is 11.8 Å². The number of carbonyl (C=O) groups is 1. The van der Waals surface area contributed by atoms with Crippen molar-refractivity contribution < 1.29 is 31.0 Å². The molecule has 1 aliphatic heterocycles. The van der Waals surface area contributed by atoms with Crippen molar-refractivity contribution in [1.29, 1.82) is 0 Å². The van der Waals surface area contributed by atoms with Gasteiger partial charge in [0.1, 0.15) is 10.8 Å². The molecule has 3 heterocycles. The summed E-state index contributed by atoms with van der Waals surface area (Å²) >= 11 is 0. The van der Waals surface area contributed by atoms with Gasteiger partial charge in [-0.05, 0) is 18.2 Å². The Balaban J connectivity index is 1.97. The summed E-state index contributed by atoms with van der Waals surface area (Å²) in [7, 11) is -1.44. The summed E-state index contributed by atoms with van der Waals surface area (Å²) in [4.78, 5) is 21.9. The molecule has 2 unspecified atom stereocenters. The Morgan fingerprint density at radius 2 is 2.00 bits per heavy atom. The average Bonchev–Trinajstić information content (AvgIpc) is 2.69. The van der Waals surface area contributed by atoms with E-state index in [4.69, 9.17) is 0 Å². The van der Waals surface area contributed by atoms with Crippen molar-refractivity contribution >= 4 is 28.2 Å². The maximum absolute atomic E-state index is 13.9. The van der Waals surface area contributed by atoms with Crippen LogP contribution in [-0.4, -0.2) is 45.4 Å². The van der Waals surface area contributed by atoms with E-state index in [2.05, 4.69) is 15.3 Å². The molecule has 2 aromatic heterocycles. The maximum Gasteiger partial charge on any atom is 0.417 e. The number of hydrogen-bond acceptors (Lipinski definition) is 5. The third kappa shape index (κ3) is 5.17. The first-order valence-electron chi connectivity index (χ1n) is 9.19. The molecule has 2 atom stereocenters. The third-order valence-corrected chi connectivity index (χ3v) is 5.77. The molecule has 31 heavy (non-hydrogen) atoms. The van der Waals surface area contributed by atoms with Gasteiger partial charge in [0.05, 0.1) is 21.9 Å². The van der Waals surface area contributed by atoms with Gasteiger partial charge < -0.3 is 10.2 Å². The lowest BCUT2D eigenvalue weighted by Crippen LogP contribution is -2.46. The zero-order valence-corrected chi connectivity index (χ0v) is 17.4. The Bertz CT molecular complexity index is 1020. The highest BCUT2D eigenvalue weighted by molar-refractivity contribution is 7.84. The Kier molecular flexibility index (Phi) is 6.30. The number of anilines is 2. The van der Waals surface area contributed by atoms with Crippen LogP contribution in [0.15, 0.2) is 35.6 Å². The first-order chi connectivity index (χ1) is 14.4. The lowest BCUT2D eigenvalue weighted by molar-refractivity contribution is -0.137. The molecule has 6 nitrogen and oxygen atoms in total. The molecule has 0 aliphatic carbocycles. The summed E-state index contributed by atoms with van der Waals surface area (Å²) in [5.74, 6) is -4.99. The van der Waals surface area contributed by atoms with Gasteiger partial charge >= 0.3 is 6.18 Å². The van der Waals surface area contributed by atoms with Crippen LogP contribution in [0.2, 0.25) is 0 Å². The van der Waals surface area contributed by atoms with Crippen LogP contribution in [0, 0.1) is 5.92 Å². The molecule has 0 aromatic carbocycles. The van der Waals surface area contributed by atoms with Crippen LogP contribution in [0.25, 0.3) is 0 Å². The van der Waals surface area contributed by atoms with Gasteiger partial charge in [-0.2, -0.15) is 13.2 Å². The minimum Gasteiger partial charge on any atom is -0.355 e. The normalized spacial score (nSPS) is 19.7. The number of aromatic nitrogens is 2. The number of carbonyl (C=O) groups excluding carboxylic acids is 1. The second-order valence-corrected chi connectivity index (χ2v) is 8.57. The maximum atomic E-state index is 13.9. The molecule has 1 saturated heterocycles. The second kappa shape index (κ2) is 8.48. The zero-order valence-electron chi connectivity index (χ0n) is 16.5. The number of rotatable bonds is 4. The highest BCUT2D eigenvalue weighted by atomic mass is 32.2. The number of alkyl halides is 5. The molecular formula is C19H19F5N4O2S. The molecular weight excluding hydrogens is 443 g/mol. The molecule has 12 heteroatoms. The van der Waals surface area contributed by atoms with Gasteiger partial charge in [0.15, 0.2) is 0 Å². The van der Waals surface area contributed by atoms with Crippen LogP contribution in [0.1, 0.15) is 29.3 Å². The number of pyridine rings is 2. The molecule has 1 fully saturated rings. The molecule has 1 amide bonds. The number of halogens is 5. The molecule has 3 rings (SSSR count). The van der Waals surface area contributed by atoms with Crippen LogP contribution in [0.5, 0.6) is 0 Å². The lowest BCUT2D eigenvalue weighted by atomic mass is 9.95. The van der Waals surface area contributed by atoms with Crippen molar-refractivity contribution in [2.75, 3.05) is 29.6 Å². The number of nitrogens with zero attached hydrogens (tertiary/aromatic N) is 3. The summed E-state index contributed by atoms with van der Waals surface area (Å²) in [6, 6.07) is 3.37. The predicted molar refractivity (Wildman–Crippen MR) is 105 cm³/mol. The highest BCUT2D eigenvalue weighted by Gasteiger charge is 2.42. The minimum atomic E-state index is -4.74. The SMILES string of the molecule is CC1CN(c2ncc(C(F)(F)F)cc2C(=O)Nc2ccnc(S(C)=O)c2)CCC1(F)F. The van der Waals surface area contributed by atoms with Gasteiger partial charge in [-0.1, -0.05) is 6.92 Å². The molecule has 0 bridgehead atoms. The quantitative estimate of drug-likeness (QED) is 0.697. The van der Waals surface area contributed by atoms with Crippen molar-refractivity contribution in [1.82, 2.24) is 9.97 Å². The highest BCUT2D eigenvalue weighted by Crippen LogP contribution is 2.37. The first-order valence-corrected chi connectivity index (χ1v) is 10.7. The van der Waals surface area contributed by atoms with E-state index in [1.807, 2.05) is 0 Å². The van der Waals surface area contributed by atoms with E-state index >= 15 is 0 Å². The fraction of sp³-hybridized carbons (Fsp3) is 0.421. The molecule has 1 N–H and O–H groups in total. The third-order valence-electron chi connectivity index (χ3n) is 4.96. The minimum absolute atomic E-state index is 0.110. The summed E-state index contributed by atoms with van der Waals surface area (Å²) in [6.45, 7) is 1.00. The monoisotopic (exact) mass is 462 g/mol. The van der Waals surface area contributed by atoms with Crippen LogP contribution >= 0.6 is 0 Å². The summed E-state index contributed by atoms with van der Waals surface area (Å²) in [5, 5.41) is 2.62. The zero-order chi connectivity index (χ0) is 23.0. The fourth-order valence-corrected chi connectivity index (χ4v) is 3.65. The number of amides is 1. The Morgan fingerprint density at radius 1 is 1.29 bits per heavy atom. The van der Waals surface area contributed by atoms with E-state index in [1.54, 1.807) is 0 Å². The van der Waals surface area contributed by atoms with Crippen molar-refractivity contribution in [3.8, 4) is 0 Å². The fourth-order valence-electron chi connectivity index (χ4n) is 3.15. The van der Waals surface area contributed by atoms with Crippen molar-refractivity contribution in [2.24, 2.45) is 5.92 Å². The molecule has 168 valence electrons. The van der Waals surface area contributed by atoms with Gasteiger partial charge in [-0.25, -0.2) is 18.7 Å². The standard InChI is InChI=1S/C19H19F5N4O2S/c1-11-10-28(6-4-18(11,20)21)16-14(7-12(9-26-16)19(22,23)24)17(29)27-13-3-5-25-15(8-13)31(2)30/h3,5,7-9,11H,4,6,10H2,1-2H3,(H,25,27,29). The number of nitrogens with one attached hydrogen (secondary N) is 1. The number of piperidine rings is 1. The van der Waals surface area contributed by atoms with Crippen molar-refractivity contribution in [3.63, 3.8) is 0 Å². The van der Waals surface area contributed by atoms with E-state index in [0.717, 1.165) is 0 Å². The number of hydrogen-bond donors (Lipinski definition) is 1. The smallest absolute Gasteiger partial charge is 0.355 e. The van der Waals surface area contributed by atoms with E-state index in [0.29, 0.717) is 12.3 Å². The average molecular weight is 462 g/mol. The lowest BCUT2D eigenvalue weighted by Gasteiger charge is -2.38. The van der Waals surface area contributed by atoms with Gasteiger partial charge in [-0.15, -0.1) is 0 Å². The van der Waals surface area contributed by atoms with Crippen molar-refractivity contribution in [3.05, 3.63) is 41.7 Å². The summed E-state index contributed by atoms with van der Waals surface area (Å²) in [5.41, 5.74) is -1.36.